The van der Waals surface area contributed by atoms with Crippen LogP contribution in [0.2, 0.25) is 0 Å². The Labute approximate surface area is 139 Å². The monoisotopic (exact) mass is 317 g/mol. The number of benzene rings is 3. The lowest BCUT2D eigenvalue weighted by Gasteiger charge is -2.13. The molecule has 0 bridgehead atoms. The summed E-state index contributed by atoms with van der Waals surface area (Å²) < 4.78 is 6.02. The van der Waals surface area contributed by atoms with Crippen molar-refractivity contribution in [2.75, 3.05) is 0 Å². The highest BCUT2D eigenvalue weighted by molar-refractivity contribution is 7.99. The third kappa shape index (κ3) is 3.01. The van der Waals surface area contributed by atoms with E-state index in [0.717, 1.165) is 17.0 Å². The molecule has 1 atom stereocenters. The van der Waals surface area contributed by atoms with Gasteiger partial charge in [-0.2, -0.15) is 0 Å². The van der Waals surface area contributed by atoms with E-state index in [4.69, 9.17) is 9.40 Å². The number of fused-ring (bicyclic) bond motifs is 1. The molecule has 0 spiro atoms. The molecule has 0 N–H and O–H groups in total. The van der Waals surface area contributed by atoms with Gasteiger partial charge in [-0.05, 0) is 29.8 Å². The van der Waals surface area contributed by atoms with Crippen molar-refractivity contribution < 1.29 is 4.42 Å². The molecule has 4 aromatic rings. The zero-order valence-corrected chi connectivity index (χ0v) is 13.2. The highest BCUT2D eigenvalue weighted by atomic mass is 32.2. The van der Waals surface area contributed by atoms with Gasteiger partial charge in [-0.25, -0.2) is 4.98 Å². The van der Waals surface area contributed by atoms with Crippen LogP contribution in [0.4, 0.5) is 0 Å². The van der Waals surface area contributed by atoms with Gasteiger partial charge in [-0.1, -0.05) is 60.7 Å². The quantitative estimate of drug-likeness (QED) is 0.451. The first-order chi connectivity index (χ1) is 11.4. The summed E-state index contributed by atoms with van der Waals surface area (Å²) in [4.78, 5) is 5.90. The highest BCUT2D eigenvalue weighted by Crippen LogP contribution is 2.40. The van der Waals surface area contributed by atoms with Crippen molar-refractivity contribution in [3.63, 3.8) is 0 Å². The number of aromatic nitrogens is 1. The first kappa shape index (κ1) is 14.1. The van der Waals surface area contributed by atoms with E-state index in [1.54, 1.807) is 11.8 Å². The van der Waals surface area contributed by atoms with Crippen LogP contribution in [0.3, 0.4) is 0 Å². The predicted molar refractivity (Wildman–Crippen MR) is 94.6 cm³/mol. The van der Waals surface area contributed by atoms with E-state index in [1.807, 2.05) is 36.4 Å². The standard InChI is InChI=1S/C20H15NOS/c1-3-9-15(10-4-1)19(23-16-11-5-2-6-12-16)20-21-17-13-7-8-14-18(17)22-20/h1-14,19H. The summed E-state index contributed by atoms with van der Waals surface area (Å²) in [7, 11) is 0. The maximum absolute atomic E-state index is 6.02. The Morgan fingerprint density at radius 2 is 1.39 bits per heavy atom. The van der Waals surface area contributed by atoms with Crippen molar-refractivity contribution in [1.82, 2.24) is 4.98 Å². The minimum atomic E-state index is 0.0333. The van der Waals surface area contributed by atoms with Crippen molar-refractivity contribution in [3.05, 3.63) is 96.4 Å². The van der Waals surface area contributed by atoms with E-state index in [-0.39, 0.29) is 5.25 Å². The molecule has 1 aromatic heterocycles. The second kappa shape index (κ2) is 6.31. The molecule has 0 radical (unpaired) electrons. The summed E-state index contributed by atoms with van der Waals surface area (Å²) in [5.74, 6) is 0.742. The topological polar surface area (TPSA) is 26.0 Å². The molecule has 0 aliphatic heterocycles. The summed E-state index contributed by atoms with van der Waals surface area (Å²) in [6.45, 7) is 0. The molecule has 3 aromatic carbocycles. The second-order valence-electron chi connectivity index (χ2n) is 5.24. The lowest BCUT2D eigenvalue weighted by atomic mass is 10.1. The normalized spacial score (nSPS) is 12.3. The zero-order chi connectivity index (χ0) is 15.5. The van der Waals surface area contributed by atoms with E-state index < -0.39 is 0 Å². The Hall–Kier alpha value is -2.52. The van der Waals surface area contributed by atoms with E-state index in [9.17, 15) is 0 Å². The number of nitrogens with zero attached hydrogens (tertiary/aromatic N) is 1. The van der Waals surface area contributed by atoms with Crippen molar-refractivity contribution in [2.45, 2.75) is 10.1 Å². The fourth-order valence-electron chi connectivity index (χ4n) is 2.53. The Bertz CT molecular complexity index is 870. The van der Waals surface area contributed by atoms with Gasteiger partial charge < -0.3 is 4.42 Å². The maximum atomic E-state index is 6.02. The SMILES string of the molecule is c1ccc(SC(c2ccccc2)c2nc3ccccc3o2)cc1. The van der Waals surface area contributed by atoms with E-state index in [1.165, 1.54) is 10.5 Å². The van der Waals surface area contributed by atoms with Gasteiger partial charge in [-0.3, -0.25) is 0 Å². The minimum Gasteiger partial charge on any atom is -0.439 e. The third-order valence-electron chi connectivity index (χ3n) is 3.63. The largest absolute Gasteiger partial charge is 0.439 e. The van der Waals surface area contributed by atoms with Crippen molar-refractivity contribution in [3.8, 4) is 0 Å². The number of hydrogen-bond acceptors (Lipinski definition) is 3. The molecule has 4 rings (SSSR count). The van der Waals surface area contributed by atoms with Gasteiger partial charge in [-0.15, -0.1) is 11.8 Å². The Kier molecular flexibility index (Phi) is 3.86. The van der Waals surface area contributed by atoms with E-state index in [0.29, 0.717) is 0 Å². The molecule has 0 saturated carbocycles. The van der Waals surface area contributed by atoms with Crippen LogP contribution in [0.5, 0.6) is 0 Å². The van der Waals surface area contributed by atoms with Gasteiger partial charge >= 0.3 is 0 Å². The Morgan fingerprint density at radius 3 is 2.13 bits per heavy atom. The number of para-hydroxylation sites is 2. The lowest BCUT2D eigenvalue weighted by molar-refractivity contribution is 0.540. The van der Waals surface area contributed by atoms with Crippen LogP contribution in [-0.4, -0.2) is 4.98 Å². The molecule has 1 heterocycles. The number of rotatable bonds is 4. The summed E-state index contributed by atoms with van der Waals surface area (Å²) in [5, 5.41) is 0.0333. The summed E-state index contributed by atoms with van der Waals surface area (Å²) in [5.41, 5.74) is 2.92. The van der Waals surface area contributed by atoms with Gasteiger partial charge in [0.2, 0.25) is 5.89 Å². The average molecular weight is 317 g/mol. The maximum Gasteiger partial charge on any atom is 0.213 e. The summed E-state index contributed by atoms with van der Waals surface area (Å²) in [6, 6.07) is 28.6. The molecule has 1 unspecified atom stereocenters. The molecule has 0 aliphatic rings. The number of hydrogen-bond donors (Lipinski definition) is 0. The van der Waals surface area contributed by atoms with Crippen LogP contribution in [-0.2, 0) is 0 Å². The van der Waals surface area contributed by atoms with Crippen molar-refractivity contribution in [2.24, 2.45) is 0 Å². The molecule has 112 valence electrons. The van der Waals surface area contributed by atoms with E-state index >= 15 is 0 Å². The van der Waals surface area contributed by atoms with Gasteiger partial charge in [0.05, 0.1) is 0 Å². The molecular weight excluding hydrogens is 302 g/mol. The molecule has 0 amide bonds. The zero-order valence-electron chi connectivity index (χ0n) is 12.4. The molecule has 0 saturated heterocycles. The van der Waals surface area contributed by atoms with Crippen molar-refractivity contribution in [1.29, 1.82) is 0 Å². The van der Waals surface area contributed by atoms with Crippen LogP contribution >= 0.6 is 11.8 Å². The van der Waals surface area contributed by atoms with Crippen molar-refractivity contribution >= 4 is 22.9 Å². The smallest absolute Gasteiger partial charge is 0.213 e. The first-order valence-corrected chi connectivity index (χ1v) is 8.40. The van der Waals surface area contributed by atoms with Gasteiger partial charge in [0, 0.05) is 4.90 Å². The van der Waals surface area contributed by atoms with Gasteiger partial charge in [0.15, 0.2) is 5.58 Å². The Morgan fingerprint density at radius 1 is 0.739 bits per heavy atom. The molecule has 0 fully saturated rings. The molecule has 2 nitrogen and oxygen atoms in total. The fraction of sp³-hybridized carbons (Fsp3) is 0.0500. The summed E-state index contributed by atoms with van der Waals surface area (Å²) in [6.07, 6.45) is 0. The second-order valence-corrected chi connectivity index (χ2v) is 6.42. The first-order valence-electron chi connectivity index (χ1n) is 7.52. The fourth-order valence-corrected chi connectivity index (χ4v) is 3.61. The summed E-state index contributed by atoms with van der Waals surface area (Å²) >= 11 is 1.75. The number of oxazole rings is 1. The molecular formula is C20H15NOS. The minimum absolute atomic E-state index is 0.0333. The van der Waals surface area contributed by atoms with Crippen LogP contribution < -0.4 is 0 Å². The van der Waals surface area contributed by atoms with E-state index in [2.05, 4.69) is 48.5 Å². The third-order valence-corrected chi connectivity index (χ3v) is 4.89. The Balaban J connectivity index is 1.78. The van der Waals surface area contributed by atoms with Crippen LogP contribution in [0.1, 0.15) is 16.7 Å². The molecule has 23 heavy (non-hydrogen) atoms. The van der Waals surface area contributed by atoms with Crippen LogP contribution in [0.15, 0.2) is 94.2 Å². The molecule has 3 heteroatoms. The average Bonchev–Trinajstić information content (AvgIpc) is 3.05. The lowest BCUT2D eigenvalue weighted by Crippen LogP contribution is -1.97. The van der Waals surface area contributed by atoms with Crippen LogP contribution in [0.25, 0.3) is 11.1 Å². The predicted octanol–water partition coefficient (Wildman–Crippen LogP) is 5.71. The van der Waals surface area contributed by atoms with Gasteiger partial charge in [0.1, 0.15) is 10.8 Å². The highest BCUT2D eigenvalue weighted by Gasteiger charge is 2.21. The molecule has 0 aliphatic carbocycles. The number of thioether (sulfide) groups is 1. The van der Waals surface area contributed by atoms with Gasteiger partial charge in [0.25, 0.3) is 0 Å². The van der Waals surface area contributed by atoms with Crippen LogP contribution in [0, 0.1) is 0 Å².